The summed E-state index contributed by atoms with van der Waals surface area (Å²) in [6, 6.07) is 0. The first kappa shape index (κ1) is 99.1. The molecule has 0 spiro atoms. The summed E-state index contributed by atoms with van der Waals surface area (Å²) in [6.07, 6.45) is 58.4. The summed E-state index contributed by atoms with van der Waals surface area (Å²) in [5.41, 5.74) is 0. The number of aliphatic hydroxyl groups is 1. The molecule has 0 aliphatic heterocycles. The number of carbonyl (C=O) groups is 4. The first-order valence-electron chi connectivity index (χ1n) is 42.2. The van der Waals surface area contributed by atoms with Gasteiger partial charge in [0.05, 0.1) is 26.4 Å². The maximum absolute atomic E-state index is 13.1. The Morgan fingerprint density at radius 3 is 0.614 bits per heavy atom. The summed E-state index contributed by atoms with van der Waals surface area (Å²) in [5.74, 6) is 0.959. The van der Waals surface area contributed by atoms with Gasteiger partial charge in [0.1, 0.15) is 19.3 Å². The van der Waals surface area contributed by atoms with Crippen molar-refractivity contribution in [3.63, 3.8) is 0 Å². The minimum Gasteiger partial charge on any atom is -0.462 e. The molecule has 0 heterocycles. The highest BCUT2D eigenvalue weighted by Crippen LogP contribution is 2.45. The molecule has 0 saturated carbocycles. The Morgan fingerprint density at radius 1 is 0.248 bits per heavy atom. The summed E-state index contributed by atoms with van der Waals surface area (Å²) in [4.78, 5) is 73.0. The molecule has 600 valence electrons. The Bertz CT molecular complexity index is 1970. The average molecular weight is 1480 g/mol. The molecule has 0 amide bonds. The number of phosphoric acid groups is 2. The zero-order chi connectivity index (χ0) is 74.6. The van der Waals surface area contributed by atoms with E-state index in [4.69, 9.17) is 37.0 Å². The number of aliphatic hydroxyl groups excluding tert-OH is 1. The van der Waals surface area contributed by atoms with E-state index in [1.54, 1.807) is 0 Å². The normalized spacial score (nSPS) is 14.0. The molecule has 0 aliphatic carbocycles. The summed E-state index contributed by atoms with van der Waals surface area (Å²) in [5, 5.41) is 10.6. The van der Waals surface area contributed by atoms with Crippen LogP contribution in [0.2, 0.25) is 0 Å². The molecule has 3 N–H and O–H groups in total. The molecule has 0 rings (SSSR count). The second-order valence-corrected chi connectivity index (χ2v) is 34.3. The predicted molar refractivity (Wildman–Crippen MR) is 414 cm³/mol. The summed E-state index contributed by atoms with van der Waals surface area (Å²) >= 11 is 0. The molecule has 0 aliphatic rings. The van der Waals surface area contributed by atoms with Crippen molar-refractivity contribution in [2.24, 2.45) is 23.7 Å². The third kappa shape index (κ3) is 76.1. The molecule has 0 aromatic heterocycles. The van der Waals surface area contributed by atoms with Gasteiger partial charge in [0.15, 0.2) is 12.2 Å². The Balaban J connectivity index is 5.22. The van der Waals surface area contributed by atoms with Gasteiger partial charge in [0.2, 0.25) is 0 Å². The van der Waals surface area contributed by atoms with E-state index in [0.717, 1.165) is 114 Å². The highest BCUT2D eigenvalue weighted by Gasteiger charge is 2.30. The first-order chi connectivity index (χ1) is 48.6. The van der Waals surface area contributed by atoms with Crippen LogP contribution in [0.5, 0.6) is 0 Å². The summed E-state index contributed by atoms with van der Waals surface area (Å²) < 4.78 is 68.7. The topological polar surface area (TPSA) is 237 Å². The molecule has 0 aromatic rings. The zero-order valence-electron chi connectivity index (χ0n) is 66.5. The van der Waals surface area contributed by atoms with Crippen molar-refractivity contribution in [1.82, 2.24) is 0 Å². The lowest BCUT2D eigenvalue weighted by molar-refractivity contribution is -0.161. The van der Waals surface area contributed by atoms with Crippen LogP contribution < -0.4 is 0 Å². The fourth-order valence-electron chi connectivity index (χ4n) is 12.6. The lowest BCUT2D eigenvalue weighted by atomic mass is 10.0. The molecule has 0 bridgehead atoms. The van der Waals surface area contributed by atoms with Crippen LogP contribution in [0.4, 0.5) is 0 Å². The second kappa shape index (κ2) is 71.0. The van der Waals surface area contributed by atoms with E-state index < -0.39 is 97.5 Å². The second-order valence-electron chi connectivity index (χ2n) is 31.4. The van der Waals surface area contributed by atoms with Gasteiger partial charge in [-0.15, -0.1) is 0 Å². The van der Waals surface area contributed by atoms with E-state index in [9.17, 15) is 43.2 Å². The lowest BCUT2D eigenvalue weighted by Crippen LogP contribution is -2.30. The molecule has 101 heavy (non-hydrogen) atoms. The van der Waals surface area contributed by atoms with Crippen LogP contribution in [-0.2, 0) is 65.4 Å². The molecular weight excluding hydrogens is 1320 g/mol. The van der Waals surface area contributed by atoms with Crippen LogP contribution in [0.3, 0.4) is 0 Å². The van der Waals surface area contributed by atoms with Crippen LogP contribution in [-0.4, -0.2) is 96.7 Å². The fourth-order valence-corrected chi connectivity index (χ4v) is 14.2. The van der Waals surface area contributed by atoms with Crippen molar-refractivity contribution >= 4 is 39.5 Å². The van der Waals surface area contributed by atoms with E-state index in [1.165, 1.54) is 218 Å². The SMILES string of the molecule is CC(C)CCCCCCCCCCCCCCCCCCC(=O)OC[C@H](COP(=O)(O)OC[C@@H](O)COP(=O)(O)OC[C@@H](COC(=O)CCCCCCCCC(C)C)OC(=O)CCCCCCCCCCCCCCCC(C)C)OC(=O)CCCCCCCCCCCCCCCCC(C)C. The van der Waals surface area contributed by atoms with Crippen molar-refractivity contribution in [2.75, 3.05) is 39.6 Å². The quantitative estimate of drug-likeness (QED) is 0.0222. The van der Waals surface area contributed by atoms with Gasteiger partial charge in [-0.05, 0) is 49.4 Å². The molecule has 0 radical (unpaired) electrons. The van der Waals surface area contributed by atoms with E-state index in [1.807, 2.05) is 0 Å². The smallest absolute Gasteiger partial charge is 0.462 e. The van der Waals surface area contributed by atoms with Crippen LogP contribution in [0.1, 0.15) is 421 Å². The maximum Gasteiger partial charge on any atom is 0.472 e. The van der Waals surface area contributed by atoms with Gasteiger partial charge in [-0.3, -0.25) is 37.3 Å². The van der Waals surface area contributed by atoms with Gasteiger partial charge >= 0.3 is 39.5 Å². The number of hydrogen-bond donors (Lipinski definition) is 3. The van der Waals surface area contributed by atoms with Crippen molar-refractivity contribution in [3.8, 4) is 0 Å². The number of esters is 4. The van der Waals surface area contributed by atoms with Crippen LogP contribution in [0.25, 0.3) is 0 Å². The van der Waals surface area contributed by atoms with E-state index >= 15 is 0 Å². The number of hydrogen-bond acceptors (Lipinski definition) is 15. The number of rotatable bonds is 79. The molecular formula is C82H160O17P2. The van der Waals surface area contributed by atoms with E-state index in [-0.39, 0.29) is 25.7 Å². The third-order valence-electron chi connectivity index (χ3n) is 19.1. The van der Waals surface area contributed by atoms with Gasteiger partial charge in [-0.2, -0.15) is 0 Å². The largest absolute Gasteiger partial charge is 0.472 e. The highest BCUT2D eigenvalue weighted by atomic mass is 31.2. The number of ether oxygens (including phenoxy) is 4. The minimum absolute atomic E-state index is 0.106. The van der Waals surface area contributed by atoms with Gasteiger partial charge in [0.25, 0.3) is 0 Å². The molecule has 17 nitrogen and oxygen atoms in total. The Morgan fingerprint density at radius 2 is 0.416 bits per heavy atom. The molecule has 0 saturated heterocycles. The van der Waals surface area contributed by atoms with Gasteiger partial charge in [0, 0.05) is 25.7 Å². The summed E-state index contributed by atoms with van der Waals surface area (Å²) in [6.45, 7) is 14.2. The van der Waals surface area contributed by atoms with Crippen molar-refractivity contribution < 1.29 is 80.2 Å². The van der Waals surface area contributed by atoms with Crippen molar-refractivity contribution in [3.05, 3.63) is 0 Å². The minimum atomic E-state index is -4.96. The van der Waals surface area contributed by atoms with Crippen molar-refractivity contribution in [2.45, 2.75) is 440 Å². The lowest BCUT2D eigenvalue weighted by Gasteiger charge is -2.21. The average Bonchev–Trinajstić information content (AvgIpc) is 0.972. The first-order valence-corrected chi connectivity index (χ1v) is 45.2. The number of carbonyl (C=O) groups excluding carboxylic acids is 4. The molecule has 5 atom stereocenters. The van der Waals surface area contributed by atoms with Gasteiger partial charge in [-0.1, -0.05) is 370 Å². The summed E-state index contributed by atoms with van der Waals surface area (Å²) in [7, 11) is -9.92. The van der Waals surface area contributed by atoms with Gasteiger partial charge in [-0.25, -0.2) is 9.13 Å². The van der Waals surface area contributed by atoms with Crippen LogP contribution >= 0.6 is 15.6 Å². The third-order valence-corrected chi connectivity index (χ3v) is 21.0. The van der Waals surface area contributed by atoms with Gasteiger partial charge < -0.3 is 33.8 Å². The molecule has 19 heteroatoms. The van der Waals surface area contributed by atoms with E-state index in [2.05, 4.69) is 55.4 Å². The monoisotopic (exact) mass is 1480 g/mol. The standard InChI is InChI=1S/C82H160O17P2/c1-72(2)58-50-42-34-28-22-16-11-9-10-12-19-25-31-37-46-54-62-79(84)92-68-77(98-81(86)64-56-48-38-32-26-20-14-13-17-23-29-35-43-51-59-73(3)4)70-96-100(88,89)94-66-76(83)67-95-101(90,91)97-71-78(69-93-80(85)63-55-47-41-40-45-53-61-75(7)8)99-82(87)65-57-49-39-33-27-21-15-18-24-30-36-44-52-60-74(5)6/h72-78,83H,9-71H2,1-8H3,(H,88,89)(H,90,91)/t76-,77-,78-/m1/s1. The van der Waals surface area contributed by atoms with Crippen molar-refractivity contribution in [1.29, 1.82) is 0 Å². The Hall–Kier alpha value is -1.94. The highest BCUT2D eigenvalue weighted by molar-refractivity contribution is 7.47. The number of phosphoric ester groups is 2. The van der Waals surface area contributed by atoms with Crippen LogP contribution in [0, 0.1) is 23.7 Å². The van der Waals surface area contributed by atoms with Crippen LogP contribution in [0.15, 0.2) is 0 Å². The number of unbranched alkanes of at least 4 members (excludes halogenated alkanes) is 45. The zero-order valence-corrected chi connectivity index (χ0v) is 68.3. The molecule has 0 aromatic carbocycles. The molecule has 0 fully saturated rings. The van der Waals surface area contributed by atoms with E-state index in [0.29, 0.717) is 31.6 Å². The Kier molecular flexibility index (Phi) is 69.6. The maximum atomic E-state index is 13.1. The predicted octanol–water partition coefficient (Wildman–Crippen LogP) is 24.4. The Labute approximate surface area is 619 Å². The fraction of sp³-hybridized carbons (Fsp3) is 0.951. The molecule has 2 unspecified atom stereocenters.